The van der Waals surface area contributed by atoms with E-state index in [9.17, 15) is 10.1 Å². The highest BCUT2D eigenvalue weighted by molar-refractivity contribution is 6.01. The second-order valence-electron chi connectivity index (χ2n) is 5.62. The minimum atomic E-state index is -0.419. The molecule has 0 aromatic heterocycles. The smallest absolute Gasteiger partial charge is 0.262 e. The molecule has 2 aromatic carbocycles. The SMILES string of the molecule is CCOc1cc(/C=C(\C#N)C(=O)N[C@H](C)c2ccccc2)ccc1OC. The van der Waals surface area contributed by atoms with E-state index in [0.29, 0.717) is 23.7 Å². The quantitative estimate of drug-likeness (QED) is 0.608. The Balaban J connectivity index is 2.20. The summed E-state index contributed by atoms with van der Waals surface area (Å²) in [6.07, 6.45) is 1.54. The molecule has 0 saturated heterocycles. The van der Waals surface area contributed by atoms with Crippen LogP contribution in [0.25, 0.3) is 6.08 Å². The van der Waals surface area contributed by atoms with Gasteiger partial charge in [0.05, 0.1) is 19.8 Å². The second-order valence-corrected chi connectivity index (χ2v) is 5.62. The topological polar surface area (TPSA) is 71.3 Å². The Labute approximate surface area is 153 Å². The van der Waals surface area contributed by atoms with E-state index < -0.39 is 5.91 Å². The Morgan fingerprint density at radius 3 is 2.58 bits per heavy atom. The Hall–Kier alpha value is -3.26. The van der Waals surface area contributed by atoms with Crippen LogP contribution >= 0.6 is 0 Å². The predicted molar refractivity (Wildman–Crippen MR) is 101 cm³/mol. The van der Waals surface area contributed by atoms with Crippen LogP contribution in [-0.4, -0.2) is 19.6 Å². The molecule has 0 radical (unpaired) electrons. The zero-order valence-electron chi connectivity index (χ0n) is 15.2. The molecule has 0 heterocycles. The van der Waals surface area contributed by atoms with E-state index in [1.54, 1.807) is 25.3 Å². The van der Waals surface area contributed by atoms with Crippen molar-refractivity contribution in [1.82, 2.24) is 5.32 Å². The number of nitriles is 1. The third kappa shape index (κ3) is 4.87. The normalized spacial score (nSPS) is 12.0. The van der Waals surface area contributed by atoms with Gasteiger partial charge in [-0.1, -0.05) is 36.4 Å². The van der Waals surface area contributed by atoms with Crippen molar-refractivity contribution in [1.29, 1.82) is 5.26 Å². The number of nitrogens with one attached hydrogen (secondary N) is 1. The summed E-state index contributed by atoms with van der Waals surface area (Å²) in [5, 5.41) is 12.2. The third-order valence-electron chi connectivity index (χ3n) is 3.81. The lowest BCUT2D eigenvalue weighted by Crippen LogP contribution is -2.27. The number of ether oxygens (including phenoxy) is 2. The Bertz CT molecular complexity index is 823. The highest BCUT2D eigenvalue weighted by atomic mass is 16.5. The molecule has 0 spiro atoms. The molecule has 0 unspecified atom stereocenters. The highest BCUT2D eigenvalue weighted by Crippen LogP contribution is 2.29. The first kappa shape index (κ1) is 19.1. The maximum Gasteiger partial charge on any atom is 0.262 e. The fourth-order valence-corrected chi connectivity index (χ4v) is 2.47. The number of hydrogen-bond donors (Lipinski definition) is 1. The maximum absolute atomic E-state index is 12.4. The summed E-state index contributed by atoms with van der Waals surface area (Å²) in [5.41, 5.74) is 1.69. The molecule has 0 aliphatic carbocycles. The average molecular weight is 350 g/mol. The largest absolute Gasteiger partial charge is 0.493 e. The minimum absolute atomic E-state index is 0.0281. The first-order valence-corrected chi connectivity index (χ1v) is 8.37. The lowest BCUT2D eigenvalue weighted by atomic mass is 10.1. The molecule has 5 nitrogen and oxygen atoms in total. The van der Waals surface area contributed by atoms with Gasteiger partial charge in [0.25, 0.3) is 5.91 Å². The van der Waals surface area contributed by atoms with Gasteiger partial charge in [-0.2, -0.15) is 5.26 Å². The predicted octanol–water partition coefficient (Wildman–Crippen LogP) is 3.88. The van der Waals surface area contributed by atoms with Gasteiger partial charge in [0, 0.05) is 0 Å². The lowest BCUT2D eigenvalue weighted by Gasteiger charge is -2.14. The van der Waals surface area contributed by atoms with Gasteiger partial charge in [-0.15, -0.1) is 0 Å². The molecule has 2 rings (SSSR count). The van der Waals surface area contributed by atoms with Crippen LogP contribution in [0.15, 0.2) is 54.1 Å². The summed E-state index contributed by atoms with van der Waals surface area (Å²) in [6, 6.07) is 16.6. The minimum Gasteiger partial charge on any atom is -0.493 e. The molecule has 0 bridgehead atoms. The van der Waals surface area contributed by atoms with Gasteiger partial charge in [-0.25, -0.2) is 0 Å². The first-order valence-electron chi connectivity index (χ1n) is 8.37. The van der Waals surface area contributed by atoms with Gasteiger partial charge in [0.1, 0.15) is 11.6 Å². The van der Waals surface area contributed by atoms with Crippen LogP contribution in [0.3, 0.4) is 0 Å². The van der Waals surface area contributed by atoms with Crippen molar-refractivity contribution in [3.63, 3.8) is 0 Å². The summed E-state index contributed by atoms with van der Waals surface area (Å²) in [5.74, 6) is 0.751. The van der Waals surface area contributed by atoms with Crippen LogP contribution in [0.2, 0.25) is 0 Å². The summed E-state index contributed by atoms with van der Waals surface area (Å²) in [4.78, 5) is 12.4. The summed E-state index contributed by atoms with van der Waals surface area (Å²) in [7, 11) is 1.56. The molecule has 1 N–H and O–H groups in total. The molecule has 0 aliphatic rings. The van der Waals surface area contributed by atoms with Crippen molar-refractivity contribution < 1.29 is 14.3 Å². The van der Waals surface area contributed by atoms with Crippen LogP contribution in [-0.2, 0) is 4.79 Å². The molecule has 0 fully saturated rings. The Morgan fingerprint density at radius 1 is 1.23 bits per heavy atom. The Kier molecular flexibility index (Phi) is 6.81. The molecule has 2 aromatic rings. The van der Waals surface area contributed by atoms with E-state index >= 15 is 0 Å². The van der Waals surface area contributed by atoms with E-state index in [-0.39, 0.29) is 11.6 Å². The van der Waals surface area contributed by atoms with Crippen molar-refractivity contribution in [2.45, 2.75) is 19.9 Å². The van der Waals surface area contributed by atoms with Crippen molar-refractivity contribution in [3.05, 3.63) is 65.2 Å². The Morgan fingerprint density at radius 2 is 1.96 bits per heavy atom. The molecule has 134 valence electrons. The standard InChI is InChI=1S/C21H22N2O3/c1-4-26-20-13-16(10-11-19(20)25-3)12-18(14-22)21(24)23-15(2)17-8-6-5-7-9-17/h5-13,15H,4H2,1-3H3,(H,23,24)/b18-12+/t15-/m1/s1. The number of methoxy groups -OCH3 is 1. The van der Waals surface area contributed by atoms with Crippen LogP contribution in [0.4, 0.5) is 0 Å². The zero-order valence-corrected chi connectivity index (χ0v) is 15.2. The molecular weight excluding hydrogens is 328 g/mol. The molecular formula is C21H22N2O3. The number of carbonyl (C=O) groups is 1. The van der Waals surface area contributed by atoms with E-state index in [1.165, 1.54) is 6.08 Å². The number of rotatable bonds is 7. The third-order valence-corrected chi connectivity index (χ3v) is 3.81. The van der Waals surface area contributed by atoms with E-state index in [1.807, 2.05) is 50.2 Å². The zero-order chi connectivity index (χ0) is 18.9. The number of carbonyl (C=O) groups excluding carboxylic acids is 1. The molecule has 0 saturated carbocycles. The van der Waals surface area contributed by atoms with Gasteiger partial charge < -0.3 is 14.8 Å². The van der Waals surface area contributed by atoms with Crippen molar-refractivity contribution in [2.24, 2.45) is 0 Å². The average Bonchev–Trinajstić information content (AvgIpc) is 2.67. The highest BCUT2D eigenvalue weighted by Gasteiger charge is 2.14. The summed E-state index contributed by atoms with van der Waals surface area (Å²) >= 11 is 0. The van der Waals surface area contributed by atoms with Gasteiger partial charge in [-0.05, 0) is 43.2 Å². The molecule has 26 heavy (non-hydrogen) atoms. The summed E-state index contributed by atoms with van der Waals surface area (Å²) in [6.45, 7) is 4.24. The van der Waals surface area contributed by atoms with Crippen LogP contribution < -0.4 is 14.8 Å². The van der Waals surface area contributed by atoms with Crippen molar-refractivity contribution in [3.8, 4) is 17.6 Å². The summed E-state index contributed by atoms with van der Waals surface area (Å²) < 4.78 is 10.8. The molecule has 1 atom stereocenters. The van der Waals surface area contributed by atoms with Gasteiger partial charge in [0.15, 0.2) is 11.5 Å². The van der Waals surface area contributed by atoms with Gasteiger partial charge in [-0.3, -0.25) is 4.79 Å². The van der Waals surface area contributed by atoms with E-state index in [0.717, 1.165) is 5.56 Å². The number of nitrogens with zero attached hydrogens (tertiary/aromatic N) is 1. The van der Waals surface area contributed by atoms with Crippen molar-refractivity contribution in [2.75, 3.05) is 13.7 Å². The molecule has 0 aliphatic heterocycles. The second kappa shape index (κ2) is 9.28. The molecule has 5 heteroatoms. The number of benzene rings is 2. The van der Waals surface area contributed by atoms with Crippen LogP contribution in [0.1, 0.15) is 31.0 Å². The van der Waals surface area contributed by atoms with E-state index in [4.69, 9.17) is 9.47 Å². The van der Waals surface area contributed by atoms with Crippen LogP contribution in [0.5, 0.6) is 11.5 Å². The van der Waals surface area contributed by atoms with Crippen molar-refractivity contribution >= 4 is 12.0 Å². The first-order chi connectivity index (χ1) is 12.6. The van der Waals surface area contributed by atoms with Crippen LogP contribution in [0, 0.1) is 11.3 Å². The molecule has 1 amide bonds. The number of amides is 1. The van der Waals surface area contributed by atoms with Gasteiger partial charge >= 0.3 is 0 Å². The number of hydrogen-bond acceptors (Lipinski definition) is 4. The lowest BCUT2D eigenvalue weighted by molar-refractivity contribution is -0.117. The van der Waals surface area contributed by atoms with Gasteiger partial charge in [0.2, 0.25) is 0 Å². The fourth-order valence-electron chi connectivity index (χ4n) is 2.47. The fraction of sp³-hybridized carbons (Fsp3) is 0.238. The maximum atomic E-state index is 12.4. The monoisotopic (exact) mass is 350 g/mol. The van der Waals surface area contributed by atoms with E-state index in [2.05, 4.69) is 5.32 Å².